The fourth-order valence-electron chi connectivity index (χ4n) is 2.99. The van der Waals surface area contributed by atoms with Crippen molar-refractivity contribution in [1.82, 2.24) is 20.4 Å². The van der Waals surface area contributed by atoms with Gasteiger partial charge < -0.3 is 15.7 Å². The molecule has 3 N–H and O–H groups in total. The van der Waals surface area contributed by atoms with Crippen molar-refractivity contribution in [3.63, 3.8) is 0 Å². The van der Waals surface area contributed by atoms with Crippen molar-refractivity contribution in [2.75, 3.05) is 6.54 Å². The van der Waals surface area contributed by atoms with Gasteiger partial charge in [-0.3, -0.25) is 0 Å². The number of rotatable bonds is 5. The van der Waals surface area contributed by atoms with Crippen molar-refractivity contribution in [1.29, 1.82) is 0 Å². The summed E-state index contributed by atoms with van der Waals surface area (Å²) in [4.78, 5) is 11.9. The molecule has 24 heavy (non-hydrogen) atoms. The van der Waals surface area contributed by atoms with Gasteiger partial charge in [0.15, 0.2) is 0 Å². The molecule has 0 atom stereocenters. The molecule has 1 heterocycles. The Morgan fingerprint density at radius 3 is 2.58 bits per heavy atom. The summed E-state index contributed by atoms with van der Waals surface area (Å²) < 4.78 is 1.89. The zero-order chi connectivity index (χ0) is 17.2. The van der Waals surface area contributed by atoms with Crippen LogP contribution < -0.4 is 10.6 Å². The number of nitrogens with one attached hydrogen (secondary N) is 2. The third-order valence-electron chi connectivity index (χ3n) is 4.73. The minimum Gasteiger partial charge on any atom is -0.388 e. The van der Waals surface area contributed by atoms with Gasteiger partial charge in [-0.15, -0.1) is 0 Å². The molecule has 0 spiro atoms. The molecule has 0 bridgehead atoms. The van der Waals surface area contributed by atoms with Crippen LogP contribution >= 0.6 is 0 Å². The van der Waals surface area contributed by atoms with Crippen LogP contribution in [0.5, 0.6) is 0 Å². The summed E-state index contributed by atoms with van der Waals surface area (Å²) in [7, 11) is 0. The van der Waals surface area contributed by atoms with Crippen LogP contribution in [0.1, 0.15) is 36.2 Å². The van der Waals surface area contributed by atoms with Crippen LogP contribution in [-0.2, 0) is 6.54 Å². The van der Waals surface area contributed by atoms with Crippen molar-refractivity contribution in [2.24, 2.45) is 0 Å². The van der Waals surface area contributed by atoms with E-state index < -0.39 is 5.60 Å². The molecule has 1 saturated carbocycles. The van der Waals surface area contributed by atoms with E-state index in [1.165, 1.54) is 0 Å². The summed E-state index contributed by atoms with van der Waals surface area (Å²) in [6.45, 7) is 4.66. The fraction of sp³-hybridized carbons (Fsp3) is 0.444. The molecular formula is C18H24N4O2. The lowest BCUT2D eigenvalue weighted by Gasteiger charge is -2.36. The summed E-state index contributed by atoms with van der Waals surface area (Å²) in [5.41, 5.74) is 3.21. The molecular weight excluding hydrogens is 304 g/mol. The van der Waals surface area contributed by atoms with Gasteiger partial charge in [0, 0.05) is 24.3 Å². The summed E-state index contributed by atoms with van der Waals surface area (Å²) in [6, 6.07) is 9.66. The highest BCUT2D eigenvalue weighted by Gasteiger charge is 2.34. The van der Waals surface area contributed by atoms with Gasteiger partial charge in [0.05, 0.1) is 17.0 Å². The normalized spacial score (nSPS) is 15.6. The average molecular weight is 328 g/mol. The maximum atomic E-state index is 11.9. The van der Waals surface area contributed by atoms with Crippen LogP contribution in [0.2, 0.25) is 0 Å². The van der Waals surface area contributed by atoms with Gasteiger partial charge in [-0.1, -0.05) is 18.2 Å². The van der Waals surface area contributed by atoms with Crippen molar-refractivity contribution in [3.05, 3.63) is 47.3 Å². The lowest BCUT2D eigenvalue weighted by Crippen LogP contribution is -2.50. The predicted molar refractivity (Wildman–Crippen MR) is 92.1 cm³/mol. The summed E-state index contributed by atoms with van der Waals surface area (Å²) in [5.74, 6) is 0. The van der Waals surface area contributed by atoms with Crippen molar-refractivity contribution in [2.45, 2.75) is 45.3 Å². The first-order valence-corrected chi connectivity index (χ1v) is 8.33. The summed E-state index contributed by atoms with van der Waals surface area (Å²) in [6.07, 6.45) is 2.54. The molecule has 2 aromatic rings. The van der Waals surface area contributed by atoms with E-state index in [0.717, 1.165) is 41.9 Å². The molecule has 6 heteroatoms. The highest BCUT2D eigenvalue weighted by Crippen LogP contribution is 2.30. The Morgan fingerprint density at radius 2 is 1.96 bits per heavy atom. The smallest absolute Gasteiger partial charge is 0.315 e. The van der Waals surface area contributed by atoms with Gasteiger partial charge in [-0.2, -0.15) is 5.10 Å². The first-order valence-electron chi connectivity index (χ1n) is 8.33. The van der Waals surface area contributed by atoms with Gasteiger partial charge in [-0.25, -0.2) is 9.48 Å². The number of para-hydroxylation sites is 1. The molecule has 1 aromatic carbocycles. The monoisotopic (exact) mass is 328 g/mol. The summed E-state index contributed by atoms with van der Waals surface area (Å²) >= 11 is 0. The number of carbonyl (C=O) groups excluding carboxylic acids is 1. The number of aliphatic hydroxyl groups is 1. The van der Waals surface area contributed by atoms with Crippen LogP contribution in [0.3, 0.4) is 0 Å². The van der Waals surface area contributed by atoms with Crippen LogP contribution in [0.15, 0.2) is 30.3 Å². The quantitative estimate of drug-likeness (QED) is 0.787. The number of nitrogens with zero attached hydrogens (tertiary/aromatic N) is 2. The number of carbonyl (C=O) groups is 1. The van der Waals surface area contributed by atoms with E-state index in [9.17, 15) is 9.90 Å². The molecule has 0 radical (unpaired) electrons. The molecule has 0 unspecified atom stereocenters. The zero-order valence-corrected chi connectivity index (χ0v) is 14.2. The van der Waals surface area contributed by atoms with Crippen molar-refractivity contribution < 1.29 is 9.90 Å². The Morgan fingerprint density at radius 1 is 1.25 bits per heavy atom. The SMILES string of the molecule is Cc1nn(-c2ccccc2)c(C)c1CNC(=O)NCC1(O)CCC1. The molecule has 1 aliphatic rings. The van der Waals surface area contributed by atoms with E-state index in [-0.39, 0.29) is 6.03 Å². The Labute approximate surface area is 141 Å². The van der Waals surface area contributed by atoms with Crippen LogP contribution in [0, 0.1) is 13.8 Å². The zero-order valence-electron chi connectivity index (χ0n) is 14.2. The van der Waals surface area contributed by atoms with Crippen LogP contribution in [0.25, 0.3) is 5.69 Å². The van der Waals surface area contributed by atoms with Gasteiger partial charge in [0.2, 0.25) is 0 Å². The van der Waals surface area contributed by atoms with E-state index in [1.54, 1.807) is 0 Å². The Balaban J connectivity index is 1.61. The number of hydrogen-bond acceptors (Lipinski definition) is 3. The van der Waals surface area contributed by atoms with Crippen molar-refractivity contribution >= 4 is 6.03 Å². The number of aromatic nitrogens is 2. The topological polar surface area (TPSA) is 79.2 Å². The molecule has 1 fully saturated rings. The predicted octanol–water partition coefficient (Wildman–Crippen LogP) is 2.20. The first-order chi connectivity index (χ1) is 11.5. The highest BCUT2D eigenvalue weighted by atomic mass is 16.3. The lowest BCUT2D eigenvalue weighted by atomic mass is 9.80. The third-order valence-corrected chi connectivity index (χ3v) is 4.73. The highest BCUT2D eigenvalue weighted by molar-refractivity contribution is 5.74. The molecule has 1 aliphatic carbocycles. The number of hydrogen-bond donors (Lipinski definition) is 3. The van der Waals surface area contributed by atoms with Crippen molar-refractivity contribution in [3.8, 4) is 5.69 Å². The third kappa shape index (κ3) is 3.43. The van der Waals surface area contributed by atoms with Crippen LogP contribution in [0.4, 0.5) is 4.79 Å². The van der Waals surface area contributed by atoms with Gasteiger partial charge in [0.1, 0.15) is 0 Å². The average Bonchev–Trinajstić information content (AvgIpc) is 2.84. The second-order valence-electron chi connectivity index (χ2n) is 6.51. The van der Waals surface area contributed by atoms with Gasteiger partial charge in [0.25, 0.3) is 0 Å². The van der Waals surface area contributed by atoms with Gasteiger partial charge in [-0.05, 0) is 45.2 Å². The molecule has 0 aliphatic heterocycles. The minimum absolute atomic E-state index is 0.262. The standard InChI is InChI=1S/C18H24N4O2/c1-13-16(11-19-17(23)20-12-18(24)9-6-10-18)14(2)22(21-13)15-7-4-3-5-8-15/h3-5,7-8,24H,6,9-12H2,1-2H3,(H2,19,20,23). The maximum Gasteiger partial charge on any atom is 0.315 e. The van der Waals surface area contributed by atoms with E-state index >= 15 is 0 Å². The maximum absolute atomic E-state index is 11.9. The molecule has 2 amide bonds. The van der Waals surface area contributed by atoms with Gasteiger partial charge >= 0.3 is 6.03 Å². The van der Waals surface area contributed by atoms with E-state index in [1.807, 2.05) is 48.9 Å². The fourth-order valence-corrected chi connectivity index (χ4v) is 2.99. The summed E-state index contributed by atoms with van der Waals surface area (Å²) in [5, 5.41) is 20.2. The number of amides is 2. The van der Waals surface area contributed by atoms with Crippen LogP contribution in [-0.4, -0.2) is 33.1 Å². The Bertz CT molecular complexity index is 720. The first kappa shape index (κ1) is 16.5. The largest absolute Gasteiger partial charge is 0.388 e. The minimum atomic E-state index is -0.707. The Kier molecular flexibility index (Phi) is 4.57. The number of urea groups is 1. The van der Waals surface area contributed by atoms with E-state index in [0.29, 0.717) is 13.1 Å². The molecule has 1 aromatic heterocycles. The van der Waals surface area contributed by atoms with E-state index in [4.69, 9.17) is 0 Å². The molecule has 6 nitrogen and oxygen atoms in total. The Hall–Kier alpha value is -2.34. The lowest BCUT2D eigenvalue weighted by molar-refractivity contribution is -0.0290. The second kappa shape index (κ2) is 6.65. The molecule has 0 saturated heterocycles. The molecule has 3 rings (SSSR count). The molecule has 128 valence electrons. The van der Waals surface area contributed by atoms with E-state index in [2.05, 4.69) is 15.7 Å². The number of benzene rings is 1. The second-order valence-corrected chi connectivity index (χ2v) is 6.51. The number of aryl methyl sites for hydroxylation is 1.